The summed E-state index contributed by atoms with van der Waals surface area (Å²) in [5.41, 5.74) is 2.37. The van der Waals surface area contributed by atoms with E-state index in [1.807, 2.05) is 19.9 Å². The zero-order valence-corrected chi connectivity index (χ0v) is 17.3. The number of aromatic nitrogens is 4. The number of hydrogen-bond donors (Lipinski definition) is 2. The van der Waals surface area contributed by atoms with Gasteiger partial charge in [0, 0.05) is 24.8 Å². The van der Waals surface area contributed by atoms with Crippen LogP contribution in [-0.4, -0.2) is 41.3 Å². The van der Waals surface area contributed by atoms with Crippen molar-refractivity contribution >= 4 is 15.8 Å². The van der Waals surface area contributed by atoms with Crippen molar-refractivity contribution in [1.82, 2.24) is 24.5 Å². The summed E-state index contributed by atoms with van der Waals surface area (Å²) in [5.74, 6) is 1.19. The Bertz CT molecular complexity index is 1100. The first-order valence-electron chi connectivity index (χ1n) is 9.07. The van der Waals surface area contributed by atoms with E-state index in [0.29, 0.717) is 29.6 Å². The molecule has 3 rings (SSSR count). The average molecular weight is 418 g/mol. The molecule has 0 saturated heterocycles. The maximum Gasteiger partial charge on any atom is 0.215 e. The molecule has 0 atom stereocenters. The van der Waals surface area contributed by atoms with Gasteiger partial charge in [-0.2, -0.15) is 5.10 Å². The molecule has 0 aliphatic rings. The molecule has 154 valence electrons. The second-order valence-corrected chi connectivity index (χ2v) is 8.51. The van der Waals surface area contributed by atoms with Crippen molar-refractivity contribution in [3.05, 3.63) is 65.0 Å². The van der Waals surface area contributed by atoms with Gasteiger partial charge in [0.15, 0.2) is 5.82 Å². The smallest absolute Gasteiger partial charge is 0.215 e. The molecule has 10 heteroatoms. The van der Waals surface area contributed by atoms with Crippen molar-refractivity contribution < 1.29 is 12.8 Å². The van der Waals surface area contributed by atoms with Gasteiger partial charge >= 0.3 is 0 Å². The summed E-state index contributed by atoms with van der Waals surface area (Å²) in [4.78, 5) is 8.74. The summed E-state index contributed by atoms with van der Waals surface area (Å²) < 4.78 is 41.5. The van der Waals surface area contributed by atoms with E-state index >= 15 is 0 Å². The van der Waals surface area contributed by atoms with Crippen LogP contribution in [0, 0.1) is 26.6 Å². The molecule has 0 radical (unpaired) electrons. The molecular weight excluding hydrogens is 395 g/mol. The minimum absolute atomic E-state index is 0.182. The van der Waals surface area contributed by atoms with Crippen LogP contribution in [0.2, 0.25) is 0 Å². The summed E-state index contributed by atoms with van der Waals surface area (Å²) >= 11 is 0. The van der Waals surface area contributed by atoms with E-state index in [4.69, 9.17) is 0 Å². The zero-order chi connectivity index (χ0) is 21.0. The molecule has 29 heavy (non-hydrogen) atoms. The average Bonchev–Trinajstić information content (AvgIpc) is 2.98. The number of anilines is 1. The highest BCUT2D eigenvalue weighted by Gasteiger charge is 2.12. The monoisotopic (exact) mass is 418 g/mol. The fourth-order valence-electron chi connectivity index (χ4n) is 2.86. The lowest BCUT2D eigenvalue weighted by Gasteiger charge is -2.11. The fraction of sp³-hybridized carbons (Fsp3) is 0.316. The van der Waals surface area contributed by atoms with Crippen molar-refractivity contribution in [2.75, 3.05) is 18.4 Å². The molecule has 0 unspecified atom stereocenters. The largest absolute Gasteiger partial charge is 0.369 e. The zero-order valence-electron chi connectivity index (χ0n) is 16.5. The molecule has 2 N–H and O–H groups in total. The quantitative estimate of drug-likeness (QED) is 0.544. The molecular formula is C19H23FN6O2S. The number of nitrogens with one attached hydrogen (secondary N) is 2. The summed E-state index contributed by atoms with van der Waals surface area (Å²) in [6.45, 7) is 6.17. The predicted octanol–water partition coefficient (Wildman–Crippen LogP) is 2.26. The second-order valence-electron chi connectivity index (χ2n) is 6.70. The number of halogens is 1. The third kappa shape index (κ3) is 5.81. The first kappa shape index (κ1) is 20.9. The molecule has 0 amide bonds. The van der Waals surface area contributed by atoms with E-state index < -0.39 is 15.8 Å². The van der Waals surface area contributed by atoms with Crippen LogP contribution in [0.3, 0.4) is 0 Å². The van der Waals surface area contributed by atoms with E-state index in [0.717, 1.165) is 11.4 Å². The minimum Gasteiger partial charge on any atom is -0.369 e. The van der Waals surface area contributed by atoms with Gasteiger partial charge in [-0.1, -0.05) is 12.1 Å². The van der Waals surface area contributed by atoms with Crippen molar-refractivity contribution in [1.29, 1.82) is 0 Å². The highest BCUT2D eigenvalue weighted by atomic mass is 32.2. The van der Waals surface area contributed by atoms with Gasteiger partial charge in [0.1, 0.15) is 17.5 Å². The Morgan fingerprint density at radius 1 is 1.03 bits per heavy atom. The van der Waals surface area contributed by atoms with Gasteiger partial charge in [-0.15, -0.1) is 0 Å². The van der Waals surface area contributed by atoms with Gasteiger partial charge in [-0.25, -0.2) is 32.2 Å². The van der Waals surface area contributed by atoms with Crippen LogP contribution >= 0.6 is 0 Å². The number of aryl methyl sites for hydroxylation is 3. The Morgan fingerprint density at radius 2 is 1.76 bits per heavy atom. The van der Waals surface area contributed by atoms with Gasteiger partial charge in [-0.05, 0) is 44.5 Å². The SMILES string of the molecule is Cc1cc(C)n(-c2cc(NCCNS(=O)(=O)Cc3ccc(F)cc3)nc(C)n2)n1. The van der Waals surface area contributed by atoms with E-state index in [1.54, 1.807) is 17.7 Å². The lowest BCUT2D eigenvalue weighted by atomic mass is 10.2. The number of hydrogen-bond acceptors (Lipinski definition) is 6. The first-order chi connectivity index (χ1) is 13.7. The standard InChI is InChI=1S/C19H23FN6O2S/c1-13-10-14(2)26(25-13)19-11-18(23-15(3)24-19)21-8-9-22-29(27,28)12-16-4-6-17(20)7-5-16/h4-7,10-11,22H,8-9,12H2,1-3H3,(H,21,23,24). The van der Waals surface area contributed by atoms with Crippen molar-refractivity contribution in [3.63, 3.8) is 0 Å². The Balaban J connectivity index is 1.57. The van der Waals surface area contributed by atoms with Crippen LogP contribution in [0.4, 0.5) is 10.2 Å². The fourth-order valence-corrected chi connectivity index (χ4v) is 4.01. The molecule has 0 saturated carbocycles. The van der Waals surface area contributed by atoms with Crippen LogP contribution in [0.5, 0.6) is 0 Å². The number of benzene rings is 1. The summed E-state index contributed by atoms with van der Waals surface area (Å²) in [6.07, 6.45) is 0. The van der Waals surface area contributed by atoms with Gasteiger partial charge in [0.25, 0.3) is 0 Å². The van der Waals surface area contributed by atoms with Crippen LogP contribution in [0.1, 0.15) is 22.8 Å². The lowest BCUT2D eigenvalue weighted by Crippen LogP contribution is -2.30. The van der Waals surface area contributed by atoms with Crippen LogP contribution < -0.4 is 10.0 Å². The van der Waals surface area contributed by atoms with Gasteiger partial charge in [-0.3, -0.25) is 0 Å². The van der Waals surface area contributed by atoms with Crippen molar-refractivity contribution in [2.24, 2.45) is 0 Å². The van der Waals surface area contributed by atoms with Crippen LogP contribution in [-0.2, 0) is 15.8 Å². The van der Waals surface area contributed by atoms with E-state index in [-0.39, 0.29) is 12.3 Å². The van der Waals surface area contributed by atoms with E-state index in [9.17, 15) is 12.8 Å². The molecule has 0 aliphatic heterocycles. The highest BCUT2D eigenvalue weighted by molar-refractivity contribution is 7.88. The third-order valence-electron chi connectivity index (χ3n) is 4.07. The first-order valence-corrected chi connectivity index (χ1v) is 10.7. The molecule has 8 nitrogen and oxygen atoms in total. The topological polar surface area (TPSA) is 102 Å². The summed E-state index contributed by atoms with van der Waals surface area (Å²) in [7, 11) is -3.52. The van der Waals surface area contributed by atoms with E-state index in [1.165, 1.54) is 24.3 Å². The molecule has 0 fully saturated rings. The highest BCUT2D eigenvalue weighted by Crippen LogP contribution is 2.13. The predicted molar refractivity (Wildman–Crippen MR) is 109 cm³/mol. The molecule has 0 spiro atoms. The molecule has 2 aromatic heterocycles. The molecule has 0 aliphatic carbocycles. The maximum atomic E-state index is 12.9. The van der Waals surface area contributed by atoms with Crippen LogP contribution in [0.15, 0.2) is 36.4 Å². The normalized spacial score (nSPS) is 11.6. The third-order valence-corrected chi connectivity index (χ3v) is 5.43. The van der Waals surface area contributed by atoms with Gasteiger partial charge in [0.05, 0.1) is 11.4 Å². The summed E-state index contributed by atoms with van der Waals surface area (Å²) in [5, 5.41) is 7.52. The Kier molecular flexibility index (Phi) is 6.23. The number of rotatable bonds is 8. The molecule has 3 aromatic rings. The summed E-state index contributed by atoms with van der Waals surface area (Å²) in [6, 6.07) is 9.11. The molecule has 1 aromatic carbocycles. The molecule has 2 heterocycles. The lowest BCUT2D eigenvalue weighted by molar-refractivity contribution is 0.581. The molecule has 0 bridgehead atoms. The van der Waals surface area contributed by atoms with Crippen LogP contribution in [0.25, 0.3) is 5.82 Å². The maximum absolute atomic E-state index is 12.9. The second kappa shape index (κ2) is 8.66. The minimum atomic E-state index is -3.52. The van der Waals surface area contributed by atoms with Crippen molar-refractivity contribution in [3.8, 4) is 5.82 Å². The Morgan fingerprint density at radius 3 is 2.41 bits per heavy atom. The van der Waals surface area contributed by atoms with Gasteiger partial charge < -0.3 is 5.32 Å². The number of nitrogens with zero attached hydrogens (tertiary/aromatic N) is 4. The Labute approximate surface area is 169 Å². The van der Waals surface area contributed by atoms with Gasteiger partial charge in [0.2, 0.25) is 10.0 Å². The number of sulfonamides is 1. The Hall–Kier alpha value is -2.85. The van der Waals surface area contributed by atoms with Crippen molar-refractivity contribution in [2.45, 2.75) is 26.5 Å². The van der Waals surface area contributed by atoms with E-state index in [2.05, 4.69) is 25.1 Å².